The van der Waals surface area contributed by atoms with Crippen LogP contribution in [0.4, 0.5) is 0 Å². The van der Waals surface area contributed by atoms with Crippen LogP contribution in [0.1, 0.15) is 52.7 Å². The first-order valence-corrected chi connectivity index (χ1v) is 17.5. The van der Waals surface area contributed by atoms with E-state index in [0.717, 1.165) is 30.6 Å². The van der Waals surface area contributed by atoms with Gasteiger partial charge in [0.1, 0.15) is 19.0 Å². The predicted octanol–water partition coefficient (Wildman–Crippen LogP) is 3.07. The van der Waals surface area contributed by atoms with Crippen LogP contribution in [0.5, 0.6) is 5.75 Å². The minimum atomic E-state index is -0.295. The summed E-state index contributed by atoms with van der Waals surface area (Å²) in [7, 11) is 0. The van der Waals surface area contributed by atoms with E-state index in [4.69, 9.17) is 24.8 Å². The monoisotopic (exact) mass is 695 g/mol. The summed E-state index contributed by atoms with van der Waals surface area (Å²) in [5.74, 6) is 4.79. The van der Waals surface area contributed by atoms with Crippen LogP contribution in [0.2, 0.25) is 0 Å². The number of benzene rings is 1. The smallest absolute Gasteiger partial charge is 0.248 e. The standard InChI is InChI=1S/C34H57N5O8S/c1-33(2,3)21-26-25-7-8-28(40)27(31(25)37-32(26)48-34(4,5)6)22-38-10-12-39(13-11-38)30(42)24-46-20-19-45-18-17-44-16-15-43-14-9-36-29(41)23-47-35/h7-8,37,40H,9-24,35H2,1-6H3,(H,36,41). The maximum Gasteiger partial charge on any atom is 0.248 e. The highest BCUT2D eigenvalue weighted by Crippen LogP contribution is 2.42. The number of H-pyrrole nitrogens is 1. The lowest BCUT2D eigenvalue weighted by Crippen LogP contribution is -2.49. The molecule has 48 heavy (non-hydrogen) atoms. The Balaban J connectivity index is 1.33. The molecule has 1 saturated heterocycles. The average Bonchev–Trinajstić information content (AvgIpc) is 3.33. The first kappa shape index (κ1) is 40.0. The summed E-state index contributed by atoms with van der Waals surface area (Å²) in [5, 5.41) is 15.9. The van der Waals surface area contributed by atoms with E-state index in [9.17, 15) is 14.7 Å². The molecule has 5 N–H and O–H groups in total. The lowest BCUT2D eigenvalue weighted by atomic mass is 9.88. The number of carbonyl (C=O) groups excluding carboxylic acids is 2. The van der Waals surface area contributed by atoms with Gasteiger partial charge in [-0.05, 0) is 29.5 Å². The Kier molecular flexibility index (Phi) is 16.4. The molecule has 14 heteroatoms. The quantitative estimate of drug-likeness (QED) is 0.0916. The number of carbonyl (C=O) groups is 2. The van der Waals surface area contributed by atoms with E-state index in [-0.39, 0.29) is 35.2 Å². The van der Waals surface area contributed by atoms with Gasteiger partial charge in [0.15, 0.2) is 0 Å². The fourth-order valence-electron chi connectivity index (χ4n) is 5.28. The molecular weight excluding hydrogens is 638 g/mol. The summed E-state index contributed by atoms with van der Waals surface area (Å²) in [4.78, 5) is 36.0. The van der Waals surface area contributed by atoms with Gasteiger partial charge in [0.2, 0.25) is 11.8 Å². The van der Waals surface area contributed by atoms with Crippen LogP contribution in [-0.4, -0.2) is 129 Å². The second kappa shape index (κ2) is 19.7. The Morgan fingerprint density at radius 2 is 1.48 bits per heavy atom. The van der Waals surface area contributed by atoms with Gasteiger partial charge in [0.05, 0.1) is 56.8 Å². The molecule has 3 rings (SSSR count). The SMILES string of the molecule is CC(C)(C)Cc1c(SC(C)(C)C)[nH]c2c(CN3CCN(C(=O)COCCOCCOCCOCCNC(=O)CON)CC3)c(O)ccc12. The second-order valence-corrected chi connectivity index (χ2v) is 15.9. The number of aromatic hydroxyl groups is 1. The number of thioether (sulfide) groups is 1. The average molecular weight is 696 g/mol. The minimum absolute atomic E-state index is 0.0181. The third-order valence-electron chi connectivity index (χ3n) is 7.47. The molecule has 0 spiro atoms. The number of ether oxygens (including phenoxy) is 4. The van der Waals surface area contributed by atoms with Crippen molar-refractivity contribution in [2.24, 2.45) is 11.3 Å². The van der Waals surface area contributed by atoms with Crippen molar-refractivity contribution < 1.29 is 38.5 Å². The maximum absolute atomic E-state index is 12.8. The van der Waals surface area contributed by atoms with Crippen molar-refractivity contribution in [2.75, 3.05) is 92.2 Å². The van der Waals surface area contributed by atoms with E-state index >= 15 is 0 Å². The van der Waals surface area contributed by atoms with Crippen LogP contribution in [0.3, 0.4) is 0 Å². The molecule has 1 aliphatic rings. The number of aromatic nitrogens is 1. The molecule has 0 unspecified atom stereocenters. The second-order valence-electron chi connectivity index (χ2n) is 14.1. The summed E-state index contributed by atoms with van der Waals surface area (Å²) < 4.78 is 21.9. The summed E-state index contributed by atoms with van der Waals surface area (Å²) in [6.07, 6.45) is 0.938. The van der Waals surface area contributed by atoms with Crippen molar-refractivity contribution >= 4 is 34.5 Å². The van der Waals surface area contributed by atoms with Crippen molar-refractivity contribution in [2.45, 2.75) is 64.3 Å². The molecule has 0 aliphatic carbocycles. The van der Waals surface area contributed by atoms with Crippen molar-refractivity contribution in [1.29, 1.82) is 0 Å². The number of hydrogen-bond donors (Lipinski definition) is 4. The number of rotatable bonds is 20. The Hall–Kier alpha value is -2.43. The number of nitrogens with zero attached hydrogens (tertiary/aromatic N) is 2. The first-order chi connectivity index (χ1) is 22.8. The van der Waals surface area contributed by atoms with Crippen LogP contribution in [0.15, 0.2) is 17.2 Å². The molecule has 0 saturated carbocycles. The number of fused-ring (bicyclic) bond motifs is 1. The summed E-state index contributed by atoms with van der Waals surface area (Å²) in [5.41, 5.74) is 3.34. The fraction of sp³-hybridized carbons (Fsp3) is 0.706. The topological polar surface area (TPSA) is 161 Å². The van der Waals surface area contributed by atoms with Crippen molar-refractivity contribution in [3.8, 4) is 5.75 Å². The van der Waals surface area contributed by atoms with Gasteiger partial charge in [-0.1, -0.05) is 41.5 Å². The van der Waals surface area contributed by atoms with E-state index in [2.05, 4.69) is 61.6 Å². The highest BCUT2D eigenvalue weighted by Gasteiger charge is 2.26. The summed E-state index contributed by atoms with van der Waals surface area (Å²) >= 11 is 1.84. The van der Waals surface area contributed by atoms with Crippen molar-refractivity contribution in [3.05, 3.63) is 23.3 Å². The summed E-state index contributed by atoms with van der Waals surface area (Å²) in [6.45, 7) is 19.6. The van der Waals surface area contributed by atoms with Crippen LogP contribution >= 0.6 is 11.8 Å². The largest absolute Gasteiger partial charge is 0.508 e. The number of nitrogens with one attached hydrogen (secondary N) is 2. The number of nitrogens with two attached hydrogens (primary N) is 1. The predicted molar refractivity (Wildman–Crippen MR) is 187 cm³/mol. The molecule has 2 aromatic rings. The lowest BCUT2D eigenvalue weighted by Gasteiger charge is -2.34. The van der Waals surface area contributed by atoms with Crippen LogP contribution in [0, 0.1) is 5.41 Å². The zero-order chi connectivity index (χ0) is 35.2. The number of hydrogen-bond acceptors (Lipinski definition) is 11. The van der Waals surface area contributed by atoms with Gasteiger partial charge in [0.25, 0.3) is 0 Å². The highest BCUT2D eigenvalue weighted by molar-refractivity contribution is 8.00. The molecule has 1 aromatic carbocycles. The Morgan fingerprint density at radius 3 is 2.06 bits per heavy atom. The van der Waals surface area contributed by atoms with Gasteiger partial charge in [-0.3, -0.25) is 19.3 Å². The number of aromatic amines is 1. The highest BCUT2D eigenvalue weighted by atomic mass is 32.2. The summed E-state index contributed by atoms with van der Waals surface area (Å²) in [6, 6.07) is 3.86. The minimum Gasteiger partial charge on any atom is -0.508 e. The first-order valence-electron chi connectivity index (χ1n) is 16.7. The zero-order valence-electron chi connectivity index (χ0n) is 29.7. The Labute approximate surface area is 289 Å². The number of piperazine rings is 1. The molecule has 1 fully saturated rings. The molecule has 2 amide bonds. The normalized spacial score (nSPS) is 14.6. The molecule has 1 aliphatic heterocycles. The third kappa shape index (κ3) is 14.2. The zero-order valence-corrected chi connectivity index (χ0v) is 30.5. The number of amides is 2. The van der Waals surface area contributed by atoms with Crippen LogP contribution in [0.25, 0.3) is 10.9 Å². The van der Waals surface area contributed by atoms with Crippen molar-refractivity contribution in [1.82, 2.24) is 20.1 Å². The van der Waals surface area contributed by atoms with E-state index < -0.39 is 0 Å². The number of phenolic OH excluding ortho intramolecular Hbond substituents is 1. The molecule has 1 aromatic heterocycles. The molecular formula is C34H57N5O8S. The van der Waals surface area contributed by atoms with E-state index in [1.54, 1.807) is 0 Å². The van der Waals surface area contributed by atoms with E-state index in [1.165, 1.54) is 16.0 Å². The van der Waals surface area contributed by atoms with E-state index in [1.807, 2.05) is 28.8 Å². The van der Waals surface area contributed by atoms with Gasteiger partial charge >= 0.3 is 0 Å². The molecule has 0 radical (unpaired) electrons. The Morgan fingerprint density at radius 1 is 0.875 bits per heavy atom. The fourth-order valence-corrected chi connectivity index (χ4v) is 6.35. The van der Waals surface area contributed by atoms with Gasteiger partial charge < -0.3 is 39.3 Å². The number of phenols is 1. The third-order valence-corrected chi connectivity index (χ3v) is 8.64. The molecule has 0 atom stereocenters. The molecule has 0 bridgehead atoms. The molecule has 272 valence electrons. The Bertz CT molecular complexity index is 1290. The van der Waals surface area contributed by atoms with Gasteiger partial charge in [-0.25, -0.2) is 5.90 Å². The van der Waals surface area contributed by atoms with Crippen molar-refractivity contribution in [3.63, 3.8) is 0 Å². The molecule has 2 heterocycles. The van der Waals surface area contributed by atoms with Gasteiger partial charge in [-0.2, -0.15) is 0 Å². The van der Waals surface area contributed by atoms with Crippen LogP contribution in [-0.2, 0) is 46.3 Å². The maximum atomic E-state index is 12.8. The van der Waals surface area contributed by atoms with Crippen LogP contribution < -0.4 is 11.2 Å². The van der Waals surface area contributed by atoms with Gasteiger partial charge in [0, 0.05) is 55.0 Å². The molecule has 13 nitrogen and oxygen atoms in total. The lowest BCUT2D eigenvalue weighted by molar-refractivity contribution is -0.138. The van der Waals surface area contributed by atoms with Gasteiger partial charge in [-0.15, -0.1) is 11.8 Å². The van der Waals surface area contributed by atoms with E-state index in [0.29, 0.717) is 78.2 Å².